The van der Waals surface area contributed by atoms with Crippen molar-refractivity contribution in [1.29, 1.82) is 0 Å². The zero-order valence-corrected chi connectivity index (χ0v) is 8.16. The van der Waals surface area contributed by atoms with Crippen LogP contribution in [0.3, 0.4) is 0 Å². The van der Waals surface area contributed by atoms with Gasteiger partial charge >= 0.3 is 6.03 Å². The van der Waals surface area contributed by atoms with Crippen molar-refractivity contribution < 1.29 is 24.0 Å². The monoisotopic (exact) mass is 227 g/mol. The number of carbonyl (C=O) groups is 5. The van der Waals surface area contributed by atoms with Crippen LogP contribution in [0.2, 0.25) is 0 Å². The van der Waals surface area contributed by atoms with Crippen molar-refractivity contribution in [3.8, 4) is 0 Å². The second-order valence-corrected chi connectivity index (χ2v) is 3.07. The molecule has 2 aliphatic rings. The Kier molecular flexibility index (Phi) is 3.70. The molecule has 0 aromatic rings. The lowest BCUT2D eigenvalue weighted by atomic mass is 10.3. The van der Waals surface area contributed by atoms with Gasteiger partial charge in [-0.25, -0.2) is 4.79 Å². The minimum absolute atomic E-state index is 0.148. The third-order valence-corrected chi connectivity index (χ3v) is 1.68. The molecule has 8 heteroatoms. The highest BCUT2D eigenvalue weighted by Crippen LogP contribution is 1.95. The highest BCUT2D eigenvalue weighted by molar-refractivity contribution is 6.14. The van der Waals surface area contributed by atoms with Gasteiger partial charge in [0.05, 0.1) is 0 Å². The van der Waals surface area contributed by atoms with Gasteiger partial charge in [-0.1, -0.05) is 0 Å². The van der Waals surface area contributed by atoms with Gasteiger partial charge in [0.2, 0.25) is 23.6 Å². The van der Waals surface area contributed by atoms with Crippen LogP contribution in [-0.2, 0) is 19.2 Å². The molecule has 0 atom stereocenters. The van der Waals surface area contributed by atoms with E-state index in [-0.39, 0.29) is 18.2 Å². The van der Waals surface area contributed by atoms with Crippen molar-refractivity contribution in [2.45, 2.75) is 19.3 Å². The average Bonchev–Trinajstić information content (AvgIpc) is 2.48. The zero-order chi connectivity index (χ0) is 12.1. The molecule has 2 aliphatic heterocycles. The largest absolute Gasteiger partial charge is 0.328 e. The zero-order valence-electron chi connectivity index (χ0n) is 8.16. The van der Waals surface area contributed by atoms with E-state index in [0.717, 1.165) is 0 Å². The lowest BCUT2D eigenvalue weighted by Gasteiger charge is -2.09. The van der Waals surface area contributed by atoms with E-state index in [9.17, 15) is 24.0 Å². The Labute approximate surface area is 89.7 Å². The quantitative estimate of drug-likeness (QED) is 0.332. The van der Waals surface area contributed by atoms with Crippen LogP contribution >= 0.6 is 0 Å². The van der Waals surface area contributed by atoms with Crippen molar-refractivity contribution in [2.75, 3.05) is 0 Å². The minimum Gasteiger partial charge on any atom is -0.296 e. The van der Waals surface area contributed by atoms with E-state index in [1.54, 1.807) is 0 Å². The van der Waals surface area contributed by atoms with E-state index < -0.39 is 17.8 Å². The predicted octanol–water partition coefficient (Wildman–Crippen LogP) is -1.83. The van der Waals surface area contributed by atoms with Crippen LogP contribution in [-0.4, -0.2) is 29.7 Å². The second-order valence-electron chi connectivity index (χ2n) is 3.07. The third-order valence-electron chi connectivity index (χ3n) is 1.68. The molecule has 0 bridgehead atoms. The summed E-state index contributed by atoms with van der Waals surface area (Å²) < 4.78 is 0. The molecule has 0 aliphatic carbocycles. The first-order valence-electron chi connectivity index (χ1n) is 4.43. The summed E-state index contributed by atoms with van der Waals surface area (Å²) in [5.41, 5.74) is 0. The van der Waals surface area contributed by atoms with Crippen molar-refractivity contribution in [2.24, 2.45) is 0 Å². The fourth-order valence-electron chi connectivity index (χ4n) is 1.03. The predicted molar refractivity (Wildman–Crippen MR) is 48.7 cm³/mol. The number of amides is 6. The number of hydrogen-bond donors (Lipinski definition) is 3. The second kappa shape index (κ2) is 5.01. The maximum Gasteiger partial charge on any atom is 0.328 e. The smallest absolute Gasteiger partial charge is 0.296 e. The Hall–Kier alpha value is -2.25. The van der Waals surface area contributed by atoms with E-state index in [1.807, 2.05) is 10.6 Å². The van der Waals surface area contributed by atoms with Crippen molar-refractivity contribution in [3.63, 3.8) is 0 Å². The third kappa shape index (κ3) is 3.86. The molecule has 0 unspecified atom stereocenters. The van der Waals surface area contributed by atoms with Gasteiger partial charge in [-0.05, 0) is 0 Å². The Morgan fingerprint density at radius 3 is 1.31 bits per heavy atom. The topological polar surface area (TPSA) is 121 Å². The van der Waals surface area contributed by atoms with Crippen LogP contribution in [0.4, 0.5) is 4.79 Å². The number of carbonyl (C=O) groups excluding carboxylic acids is 5. The number of barbiturate groups is 1. The number of rotatable bonds is 0. The van der Waals surface area contributed by atoms with E-state index in [0.29, 0.717) is 12.8 Å². The summed E-state index contributed by atoms with van der Waals surface area (Å²) in [5, 5.41) is 5.94. The van der Waals surface area contributed by atoms with Crippen LogP contribution < -0.4 is 16.0 Å². The summed E-state index contributed by atoms with van der Waals surface area (Å²) in [6.45, 7) is 0. The summed E-state index contributed by atoms with van der Waals surface area (Å²) >= 11 is 0. The summed E-state index contributed by atoms with van der Waals surface area (Å²) in [5.74, 6) is -1.40. The number of urea groups is 1. The normalized spacial score (nSPS) is 19.4. The lowest BCUT2D eigenvalue weighted by molar-refractivity contribution is -0.130. The average molecular weight is 227 g/mol. The van der Waals surface area contributed by atoms with Crippen LogP contribution in [0.15, 0.2) is 0 Å². The van der Waals surface area contributed by atoms with Crippen molar-refractivity contribution in [3.05, 3.63) is 0 Å². The minimum atomic E-state index is -0.740. The maximum atomic E-state index is 10.3. The van der Waals surface area contributed by atoms with Gasteiger partial charge in [0.1, 0.15) is 6.42 Å². The molecule has 0 radical (unpaired) electrons. The maximum absolute atomic E-state index is 10.3. The molecule has 2 fully saturated rings. The van der Waals surface area contributed by atoms with Gasteiger partial charge in [0.15, 0.2) is 0 Å². The first-order chi connectivity index (χ1) is 7.47. The summed E-state index contributed by atoms with van der Waals surface area (Å²) in [7, 11) is 0. The molecule has 16 heavy (non-hydrogen) atoms. The Morgan fingerprint density at radius 2 is 1.06 bits per heavy atom. The molecule has 8 nitrogen and oxygen atoms in total. The number of hydrogen-bond acceptors (Lipinski definition) is 5. The van der Waals surface area contributed by atoms with E-state index >= 15 is 0 Å². The highest BCUT2D eigenvalue weighted by Gasteiger charge is 2.20. The Morgan fingerprint density at radius 1 is 0.625 bits per heavy atom. The molecule has 3 N–H and O–H groups in total. The molecular formula is C8H9N3O5. The van der Waals surface area contributed by atoms with Crippen molar-refractivity contribution in [1.82, 2.24) is 16.0 Å². The molecule has 0 aromatic heterocycles. The van der Waals surface area contributed by atoms with Gasteiger partial charge in [-0.2, -0.15) is 0 Å². The standard InChI is InChI=1S/C4H4N2O3.C4H5NO2/c7-2-1-3(8)6-4(9)5-2;6-3-1-2-4(7)5-3/h1H2,(H2,5,6,7,8,9);1-2H2,(H,5,6,7). The van der Waals surface area contributed by atoms with Gasteiger partial charge in [-0.15, -0.1) is 0 Å². The molecule has 2 heterocycles. The molecule has 0 aromatic carbocycles. The van der Waals surface area contributed by atoms with E-state index in [2.05, 4.69) is 5.32 Å². The molecule has 2 rings (SSSR count). The van der Waals surface area contributed by atoms with E-state index in [4.69, 9.17) is 0 Å². The molecule has 6 amide bonds. The summed E-state index contributed by atoms with van der Waals surface area (Å²) in [6.07, 6.45) is 0.489. The Balaban J connectivity index is 0.000000165. The summed E-state index contributed by atoms with van der Waals surface area (Å²) in [6, 6.07) is -0.740. The van der Waals surface area contributed by atoms with Gasteiger partial charge in [0, 0.05) is 12.8 Å². The van der Waals surface area contributed by atoms with Crippen LogP contribution in [0.1, 0.15) is 19.3 Å². The Bertz CT molecular complexity index is 317. The number of imide groups is 3. The van der Waals surface area contributed by atoms with E-state index in [1.165, 1.54) is 0 Å². The first-order valence-corrected chi connectivity index (χ1v) is 4.43. The van der Waals surface area contributed by atoms with Crippen LogP contribution in [0, 0.1) is 0 Å². The number of nitrogens with one attached hydrogen (secondary N) is 3. The lowest BCUT2D eigenvalue weighted by Crippen LogP contribution is -2.49. The van der Waals surface area contributed by atoms with Crippen LogP contribution in [0.25, 0.3) is 0 Å². The molecule has 86 valence electrons. The molecule has 0 spiro atoms. The summed E-state index contributed by atoms with van der Waals surface area (Å²) in [4.78, 5) is 51.0. The van der Waals surface area contributed by atoms with Gasteiger partial charge < -0.3 is 0 Å². The fourth-order valence-corrected chi connectivity index (χ4v) is 1.03. The molecular weight excluding hydrogens is 218 g/mol. The van der Waals surface area contributed by atoms with Crippen molar-refractivity contribution >= 4 is 29.7 Å². The SMILES string of the molecule is O=C1CC(=O)NC(=O)N1.O=C1CCC(=O)N1. The highest BCUT2D eigenvalue weighted by atomic mass is 16.2. The van der Waals surface area contributed by atoms with Gasteiger partial charge in [-0.3, -0.25) is 35.1 Å². The van der Waals surface area contributed by atoms with Crippen LogP contribution in [0.5, 0.6) is 0 Å². The molecule has 2 saturated heterocycles. The van der Waals surface area contributed by atoms with Gasteiger partial charge in [0.25, 0.3) is 0 Å². The first kappa shape index (κ1) is 11.8. The molecule has 0 saturated carbocycles. The fraction of sp³-hybridized carbons (Fsp3) is 0.375.